The summed E-state index contributed by atoms with van der Waals surface area (Å²) in [5, 5.41) is 3.62. The van der Waals surface area contributed by atoms with E-state index in [9.17, 15) is 0 Å². The first kappa shape index (κ1) is 11.9. The summed E-state index contributed by atoms with van der Waals surface area (Å²) < 4.78 is 0. The Labute approximate surface area is 112 Å². The van der Waals surface area contributed by atoms with Gasteiger partial charge in [-0.15, -0.1) is 11.3 Å². The molecule has 1 atom stereocenters. The molecule has 2 heterocycles. The van der Waals surface area contributed by atoms with Gasteiger partial charge in [-0.25, -0.2) is 0 Å². The Morgan fingerprint density at radius 1 is 1.39 bits per heavy atom. The molecule has 1 N–H and O–H groups in total. The third-order valence-electron chi connectivity index (χ3n) is 3.40. The van der Waals surface area contributed by atoms with Crippen LogP contribution in [0.4, 0.5) is 0 Å². The minimum absolute atomic E-state index is 0.561. The van der Waals surface area contributed by atoms with Gasteiger partial charge in [0, 0.05) is 33.8 Å². The Bertz CT molecular complexity index is 502. The van der Waals surface area contributed by atoms with E-state index in [0.717, 1.165) is 12.5 Å². The second kappa shape index (κ2) is 5.21. The van der Waals surface area contributed by atoms with Gasteiger partial charge in [0.1, 0.15) is 0 Å². The summed E-state index contributed by atoms with van der Waals surface area (Å²) in [7, 11) is 0. The number of aromatic nitrogens is 1. The van der Waals surface area contributed by atoms with Gasteiger partial charge in [-0.2, -0.15) is 0 Å². The van der Waals surface area contributed by atoms with Crippen LogP contribution in [0.1, 0.15) is 30.7 Å². The predicted octanol–water partition coefficient (Wildman–Crippen LogP) is 3.87. The van der Waals surface area contributed by atoms with E-state index in [-0.39, 0.29) is 0 Å². The standard InChI is InChI=1S/C15H18N2S/c1-2-17-15(11-5-6-11)14-8-7-13(18-14)12-4-3-9-16-10-12/h3-4,7-11,15,17H,2,5-6H2,1H3. The van der Waals surface area contributed by atoms with Crippen LogP contribution in [0.5, 0.6) is 0 Å². The van der Waals surface area contributed by atoms with Crippen molar-refractivity contribution in [3.63, 3.8) is 0 Å². The number of hydrogen-bond donors (Lipinski definition) is 1. The molecule has 0 amide bonds. The summed E-state index contributed by atoms with van der Waals surface area (Å²) in [6, 6.07) is 9.19. The van der Waals surface area contributed by atoms with Crippen molar-refractivity contribution in [3.05, 3.63) is 41.5 Å². The van der Waals surface area contributed by atoms with Gasteiger partial charge in [-0.3, -0.25) is 4.98 Å². The SMILES string of the molecule is CCNC(c1ccc(-c2cccnc2)s1)C1CC1. The van der Waals surface area contributed by atoms with Crippen molar-refractivity contribution in [2.24, 2.45) is 5.92 Å². The van der Waals surface area contributed by atoms with Crippen LogP contribution in [-0.2, 0) is 0 Å². The van der Waals surface area contributed by atoms with E-state index in [1.165, 1.54) is 28.2 Å². The first-order chi connectivity index (χ1) is 8.88. The molecule has 1 aliphatic rings. The van der Waals surface area contributed by atoms with Crippen LogP contribution >= 0.6 is 11.3 Å². The molecule has 1 unspecified atom stereocenters. The Morgan fingerprint density at radius 2 is 2.28 bits per heavy atom. The van der Waals surface area contributed by atoms with Crippen molar-refractivity contribution < 1.29 is 0 Å². The third-order valence-corrected chi connectivity index (χ3v) is 4.61. The van der Waals surface area contributed by atoms with Crippen molar-refractivity contribution in [1.82, 2.24) is 10.3 Å². The van der Waals surface area contributed by atoms with Gasteiger partial charge in [-0.1, -0.05) is 13.0 Å². The topological polar surface area (TPSA) is 24.9 Å². The lowest BCUT2D eigenvalue weighted by Crippen LogP contribution is -2.21. The zero-order valence-corrected chi connectivity index (χ0v) is 11.4. The van der Waals surface area contributed by atoms with Crippen molar-refractivity contribution >= 4 is 11.3 Å². The fourth-order valence-electron chi connectivity index (χ4n) is 2.33. The van der Waals surface area contributed by atoms with E-state index >= 15 is 0 Å². The highest BCUT2D eigenvalue weighted by Gasteiger charge is 2.32. The lowest BCUT2D eigenvalue weighted by molar-refractivity contribution is 0.504. The Kier molecular flexibility index (Phi) is 3.43. The van der Waals surface area contributed by atoms with Crippen LogP contribution in [0.25, 0.3) is 10.4 Å². The monoisotopic (exact) mass is 258 g/mol. The fraction of sp³-hybridized carbons (Fsp3) is 0.400. The fourth-order valence-corrected chi connectivity index (χ4v) is 3.50. The van der Waals surface area contributed by atoms with E-state index in [4.69, 9.17) is 0 Å². The maximum Gasteiger partial charge on any atom is 0.0443 e. The molecule has 2 aromatic heterocycles. The highest BCUT2D eigenvalue weighted by Crippen LogP contribution is 2.44. The van der Waals surface area contributed by atoms with Crippen LogP contribution in [0.15, 0.2) is 36.7 Å². The molecular weight excluding hydrogens is 240 g/mol. The summed E-state index contributed by atoms with van der Waals surface area (Å²) in [4.78, 5) is 6.98. The minimum atomic E-state index is 0.561. The van der Waals surface area contributed by atoms with Crippen molar-refractivity contribution in [2.75, 3.05) is 6.54 Å². The zero-order valence-electron chi connectivity index (χ0n) is 10.6. The molecule has 0 bridgehead atoms. The lowest BCUT2D eigenvalue weighted by Gasteiger charge is -2.15. The molecule has 94 valence electrons. The normalized spacial score (nSPS) is 16.7. The van der Waals surface area contributed by atoms with Crippen LogP contribution in [0.3, 0.4) is 0 Å². The second-order valence-electron chi connectivity index (χ2n) is 4.82. The molecule has 1 fully saturated rings. The molecule has 2 nitrogen and oxygen atoms in total. The Hall–Kier alpha value is -1.19. The van der Waals surface area contributed by atoms with Crippen molar-refractivity contribution in [3.8, 4) is 10.4 Å². The second-order valence-corrected chi connectivity index (χ2v) is 5.93. The number of pyridine rings is 1. The molecule has 18 heavy (non-hydrogen) atoms. The molecule has 0 spiro atoms. The largest absolute Gasteiger partial charge is 0.309 e. The average Bonchev–Trinajstić information content (AvgIpc) is 3.14. The summed E-state index contributed by atoms with van der Waals surface area (Å²) >= 11 is 1.90. The molecule has 0 saturated heterocycles. The first-order valence-electron chi connectivity index (χ1n) is 6.62. The molecule has 3 heteroatoms. The summed E-state index contributed by atoms with van der Waals surface area (Å²) in [5.74, 6) is 0.852. The van der Waals surface area contributed by atoms with Gasteiger partial charge in [0.25, 0.3) is 0 Å². The van der Waals surface area contributed by atoms with Gasteiger partial charge in [-0.05, 0) is 43.5 Å². The third kappa shape index (κ3) is 2.47. The van der Waals surface area contributed by atoms with Crippen molar-refractivity contribution in [2.45, 2.75) is 25.8 Å². The molecule has 1 saturated carbocycles. The van der Waals surface area contributed by atoms with E-state index in [1.54, 1.807) is 0 Å². The van der Waals surface area contributed by atoms with Gasteiger partial charge in [0.05, 0.1) is 0 Å². The van der Waals surface area contributed by atoms with Crippen LogP contribution in [0, 0.1) is 5.92 Å². The average molecular weight is 258 g/mol. The highest BCUT2D eigenvalue weighted by atomic mass is 32.1. The molecule has 0 aliphatic heterocycles. The maximum absolute atomic E-state index is 4.19. The van der Waals surface area contributed by atoms with E-state index in [1.807, 2.05) is 29.8 Å². The van der Waals surface area contributed by atoms with Crippen LogP contribution in [0.2, 0.25) is 0 Å². The minimum Gasteiger partial charge on any atom is -0.309 e. The number of nitrogens with one attached hydrogen (secondary N) is 1. The molecule has 1 aliphatic carbocycles. The number of hydrogen-bond acceptors (Lipinski definition) is 3. The molecular formula is C15H18N2S. The quantitative estimate of drug-likeness (QED) is 0.880. The Balaban J connectivity index is 1.84. The molecule has 2 aromatic rings. The zero-order chi connectivity index (χ0) is 12.4. The molecule has 3 rings (SSSR count). The van der Waals surface area contributed by atoms with E-state index in [0.29, 0.717) is 6.04 Å². The van der Waals surface area contributed by atoms with E-state index in [2.05, 4.69) is 35.4 Å². The predicted molar refractivity (Wildman–Crippen MR) is 76.7 cm³/mol. The summed E-state index contributed by atoms with van der Waals surface area (Å²) in [6.45, 7) is 3.23. The number of thiophene rings is 1. The molecule has 0 aromatic carbocycles. The number of rotatable bonds is 5. The van der Waals surface area contributed by atoms with Crippen molar-refractivity contribution in [1.29, 1.82) is 0 Å². The van der Waals surface area contributed by atoms with Gasteiger partial charge < -0.3 is 5.32 Å². The van der Waals surface area contributed by atoms with Gasteiger partial charge in [0.15, 0.2) is 0 Å². The van der Waals surface area contributed by atoms with Crippen LogP contribution < -0.4 is 5.32 Å². The first-order valence-corrected chi connectivity index (χ1v) is 7.43. The number of nitrogens with zero attached hydrogens (tertiary/aromatic N) is 1. The lowest BCUT2D eigenvalue weighted by atomic mass is 10.1. The van der Waals surface area contributed by atoms with E-state index < -0.39 is 0 Å². The molecule has 0 radical (unpaired) electrons. The highest BCUT2D eigenvalue weighted by molar-refractivity contribution is 7.15. The summed E-state index contributed by atoms with van der Waals surface area (Å²) in [5.41, 5.74) is 1.22. The Morgan fingerprint density at radius 3 is 2.94 bits per heavy atom. The summed E-state index contributed by atoms with van der Waals surface area (Å²) in [6.07, 6.45) is 6.51. The maximum atomic E-state index is 4.19. The van der Waals surface area contributed by atoms with Gasteiger partial charge >= 0.3 is 0 Å². The van der Waals surface area contributed by atoms with Gasteiger partial charge in [0.2, 0.25) is 0 Å². The smallest absolute Gasteiger partial charge is 0.0443 e. The van der Waals surface area contributed by atoms with Crippen LogP contribution in [-0.4, -0.2) is 11.5 Å².